The lowest BCUT2D eigenvalue weighted by atomic mass is 10.2. The van der Waals surface area contributed by atoms with E-state index in [1.807, 2.05) is 10.6 Å². The van der Waals surface area contributed by atoms with Crippen molar-refractivity contribution in [3.63, 3.8) is 0 Å². The topological polar surface area (TPSA) is 69.6 Å². The quantitative estimate of drug-likeness (QED) is 0.572. The predicted molar refractivity (Wildman–Crippen MR) is 90.5 cm³/mol. The first-order valence-corrected chi connectivity index (χ1v) is 8.37. The molecule has 0 spiro atoms. The second kappa shape index (κ2) is 6.54. The highest BCUT2D eigenvalue weighted by molar-refractivity contribution is 7.98. The van der Waals surface area contributed by atoms with Gasteiger partial charge in [0.15, 0.2) is 5.65 Å². The van der Waals surface area contributed by atoms with Crippen molar-refractivity contribution >= 4 is 28.9 Å². The van der Waals surface area contributed by atoms with Crippen LogP contribution in [-0.2, 0) is 12.3 Å². The first-order chi connectivity index (χ1) is 11.0. The van der Waals surface area contributed by atoms with E-state index in [1.54, 1.807) is 12.4 Å². The largest absolute Gasteiger partial charge is 0.368 e. The van der Waals surface area contributed by atoms with Gasteiger partial charge in [0, 0.05) is 12.3 Å². The summed E-state index contributed by atoms with van der Waals surface area (Å²) in [6, 6.07) is 6.54. The molecule has 120 valence electrons. The summed E-state index contributed by atoms with van der Waals surface area (Å²) in [5, 5.41) is 0.722. The SMILES string of the molecule is CC(C)Cn1cnc2c(SCc3cccc(F)c3)nc(N)nc21. The van der Waals surface area contributed by atoms with Crippen LogP contribution in [0.25, 0.3) is 11.2 Å². The molecule has 5 nitrogen and oxygen atoms in total. The Morgan fingerprint density at radius 3 is 2.87 bits per heavy atom. The smallest absolute Gasteiger partial charge is 0.223 e. The number of benzene rings is 1. The number of hydrogen-bond donors (Lipinski definition) is 1. The standard InChI is InChI=1S/C16H18FN5S/c1-10(2)7-22-9-19-13-14(22)20-16(18)21-15(13)23-8-11-4-3-5-12(17)6-11/h3-6,9-10H,7-8H2,1-2H3,(H2,18,20,21). The lowest BCUT2D eigenvalue weighted by molar-refractivity contribution is 0.530. The lowest BCUT2D eigenvalue weighted by Crippen LogP contribution is -2.05. The highest BCUT2D eigenvalue weighted by Gasteiger charge is 2.13. The monoisotopic (exact) mass is 331 g/mol. The Balaban J connectivity index is 1.89. The van der Waals surface area contributed by atoms with Gasteiger partial charge in [-0.2, -0.15) is 4.98 Å². The molecular weight excluding hydrogens is 313 g/mol. The molecule has 1 aromatic carbocycles. The van der Waals surface area contributed by atoms with Crippen LogP contribution in [0.5, 0.6) is 0 Å². The predicted octanol–water partition coefficient (Wildman–Crippen LogP) is 3.50. The summed E-state index contributed by atoms with van der Waals surface area (Å²) < 4.78 is 15.3. The maximum atomic E-state index is 13.3. The first-order valence-electron chi connectivity index (χ1n) is 7.38. The molecule has 0 saturated heterocycles. The summed E-state index contributed by atoms with van der Waals surface area (Å²) in [7, 11) is 0. The zero-order valence-corrected chi connectivity index (χ0v) is 13.8. The third kappa shape index (κ3) is 3.61. The van der Waals surface area contributed by atoms with Crippen LogP contribution in [-0.4, -0.2) is 19.5 Å². The maximum absolute atomic E-state index is 13.3. The van der Waals surface area contributed by atoms with Crippen LogP contribution in [0.2, 0.25) is 0 Å². The van der Waals surface area contributed by atoms with Crippen molar-refractivity contribution in [1.82, 2.24) is 19.5 Å². The van der Waals surface area contributed by atoms with E-state index in [0.29, 0.717) is 11.7 Å². The number of nitrogens with zero attached hydrogens (tertiary/aromatic N) is 4. The Hall–Kier alpha value is -2.15. The van der Waals surface area contributed by atoms with Gasteiger partial charge in [-0.1, -0.05) is 37.7 Å². The summed E-state index contributed by atoms with van der Waals surface area (Å²) in [4.78, 5) is 13.0. The minimum Gasteiger partial charge on any atom is -0.368 e. The van der Waals surface area contributed by atoms with Crippen molar-refractivity contribution in [3.05, 3.63) is 42.0 Å². The van der Waals surface area contributed by atoms with E-state index in [0.717, 1.165) is 28.3 Å². The van der Waals surface area contributed by atoms with Crippen LogP contribution in [0.4, 0.5) is 10.3 Å². The fourth-order valence-electron chi connectivity index (χ4n) is 2.34. The van der Waals surface area contributed by atoms with Crippen LogP contribution in [0.3, 0.4) is 0 Å². The molecule has 0 amide bonds. The van der Waals surface area contributed by atoms with Crippen LogP contribution in [0, 0.1) is 11.7 Å². The van der Waals surface area contributed by atoms with Crippen molar-refractivity contribution in [3.8, 4) is 0 Å². The van der Waals surface area contributed by atoms with Crippen molar-refractivity contribution in [1.29, 1.82) is 0 Å². The van der Waals surface area contributed by atoms with Gasteiger partial charge in [0.05, 0.1) is 6.33 Å². The van der Waals surface area contributed by atoms with E-state index < -0.39 is 0 Å². The van der Waals surface area contributed by atoms with E-state index in [1.165, 1.54) is 23.9 Å². The van der Waals surface area contributed by atoms with Crippen LogP contribution >= 0.6 is 11.8 Å². The molecule has 2 N–H and O–H groups in total. The zero-order valence-electron chi connectivity index (χ0n) is 13.0. The number of nitrogen functional groups attached to an aromatic ring is 1. The van der Waals surface area contributed by atoms with Gasteiger partial charge in [-0.25, -0.2) is 14.4 Å². The van der Waals surface area contributed by atoms with Crippen LogP contribution < -0.4 is 5.73 Å². The normalized spacial score (nSPS) is 11.5. The number of fused-ring (bicyclic) bond motifs is 1. The molecule has 0 fully saturated rings. The fraction of sp³-hybridized carbons (Fsp3) is 0.312. The van der Waals surface area contributed by atoms with Gasteiger partial charge in [-0.05, 0) is 23.6 Å². The molecule has 0 saturated carbocycles. The number of halogens is 1. The summed E-state index contributed by atoms with van der Waals surface area (Å²) in [6.45, 7) is 5.09. The Morgan fingerprint density at radius 1 is 1.30 bits per heavy atom. The molecule has 0 aliphatic carbocycles. The summed E-state index contributed by atoms with van der Waals surface area (Å²) in [6.07, 6.45) is 1.77. The van der Waals surface area contributed by atoms with Gasteiger partial charge in [0.2, 0.25) is 5.95 Å². The Labute approximate surface area is 138 Å². The fourth-order valence-corrected chi connectivity index (χ4v) is 3.26. The second-order valence-corrected chi connectivity index (χ2v) is 6.73. The number of imidazole rings is 1. The van der Waals surface area contributed by atoms with Gasteiger partial charge < -0.3 is 10.3 Å². The van der Waals surface area contributed by atoms with Crippen LogP contribution in [0.1, 0.15) is 19.4 Å². The van der Waals surface area contributed by atoms with Crippen LogP contribution in [0.15, 0.2) is 35.6 Å². The van der Waals surface area contributed by atoms with Gasteiger partial charge in [-0.15, -0.1) is 0 Å². The molecule has 2 aromatic heterocycles. The molecule has 3 aromatic rings. The molecule has 3 rings (SSSR count). The third-order valence-electron chi connectivity index (χ3n) is 3.28. The molecule has 2 heterocycles. The molecule has 23 heavy (non-hydrogen) atoms. The molecule has 0 radical (unpaired) electrons. The number of nitrogens with two attached hydrogens (primary N) is 1. The highest BCUT2D eigenvalue weighted by Crippen LogP contribution is 2.28. The average molecular weight is 331 g/mol. The highest BCUT2D eigenvalue weighted by atomic mass is 32.2. The minimum atomic E-state index is -0.239. The summed E-state index contributed by atoms with van der Waals surface area (Å²) >= 11 is 1.48. The summed E-state index contributed by atoms with van der Waals surface area (Å²) in [5.74, 6) is 1.06. The zero-order chi connectivity index (χ0) is 16.4. The molecule has 0 atom stereocenters. The number of aromatic nitrogens is 4. The van der Waals surface area contributed by atoms with Crippen molar-refractivity contribution in [2.45, 2.75) is 31.2 Å². The van der Waals surface area contributed by atoms with Gasteiger partial charge in [0.1, 0.15) is 16.4 Å². The van der Waals surface area contributed by atoms with E-state index in [-0.39, 0.29) is 11.8 Å². The number of hydrogen-bond acceptors (Lipinski definition) is 5. The lowest BCUT2D eigenvalue weighted by Gasteiger charge is -2.08. The molecular formula is C16H18FN5S. The average Bonchev–Trinajstić information content (AvgIpc) is 2.87. The van der Waals surface area contributed by atoms with E-state index >= 15 is 0 Å². The van der Waals surface area contributed by atoms with Crippen molar-refractivity contribution < 1.29 is 4.39 Å². The van der Waals surface area contributed by atoms with Crippen molar-refractivity contribution in [2.75, 3.05) is 5.73 Å². The first kappa shape index (κ1) is 15.7. The van der Waals surface area contributed by atoms with Crippen molar-refractivity contribution in [2.24, 2.45) is 5.92 Å². The van der Waals surface area contributed by atoms with Gasteiger partial charge in [-0.3, -0.25) is 0 Å². The Morgan fingerprint density at radius 2 is 2.13 bits per heavy atom. The Bertz CT molecular complexity index is 830. The number of rotatable bonds is 5. The molecule has 0 unspecified atom stereocenters. The summed E-state index contributed by atoms with van der Waals surface area (Å²) in [5.41, 5.74) is 8.21. The Kier molecular flexibility index (Phi) is 4.47. The van der Waals surface area contributed by atoms with Gasteiger partial charge >= 0.3 is 0 Å². The van der Waals surface area contributed by atoms with Gasteiger partial charge in [0.25, 0.3) is 0 Å². The third-order valence-corrected chi connectivity index (χ3v) is 4.31. The van der Waals surface area contributed by atoms with E-state index in [2.05, 4.69) is 28.8 Å². The minimum absolute atomic E-state index is 0.227. The number of thioether (sulfide) groups is 1. The molecule has 0 bridgehead atoms. The molecule has 7 heteroatoms. The molecule has 0 aliphatic rings. The van der Waals surface area contributed by atoms with E-state index in [9.17, 15) is 4.39 Å². The maximum Gasteiger partial charge on any atom is 0.223 e. The number of anilines is 1. The molecule has 0 aliphatic heterocycles. The second-order valence-electron chi connectivity index (χ2n) is 5.77. The van der Waals surface area contributed by atoms with E-state index in [4.69, 9.17) is 5.73 Å².